The topological polar surface area (TPSA) is 20.2 Å². The number of terminal acetylenes is 1. The van der Waals surface area contributed by atoms with E-state index in [9.17, 15) is 5.11 Å². The summed E-state index contributed by atoms with van der Waals surface area (Å²) < 4.78 is 1.87. The molecule has 1 nitrogen and oxygen atoms in total. The van der Waals surface area contributed by atoms with Crippen molar-refractivity contribution in [3.8, 4) is 12.3 Å². The average Bonchev–Trinajstić information content (AvgIpc) is 2.31. The third kappa shape index (κ3) is 2.06. The van der Waals surface area contributed by atoms with Gasteiger partial charge in [-0.2, -0.15) is 0 Å². The van der Waals surface area contributed by atoms with Gasteiger partial charge >= 0.3 is 0 Å². The van der Waals surface area contributed by atoms with Crippen molar-refractivity contribution in [2.45, 2.75) is 6.10 Å². The minimum Gasteiger partial charge on any atom is -0.375 e. The van der Waals surface area contributed by atoms with E-state index < -0.39 is 6.10 Å². The Morgan fingerprint density at radius 2 is 2.27 bits per heavy atom. The number of aliphatic hydroxyl groups excluding tert-OH is 1. The van der Waals surface area contributed by atoms with Gasteiger partial charge in [0.2, 0.25) is 0 Å². The smallest absolute Gasteiger partial charge is 0.149 e. The maximum absolute atomic E-state index is 9.20. The van der Waals surface area contributed by atoms with Crippen LogP contribution in [0.4, 0.5) is 0 Å². The first-order valence-corrected chi connectivity index (χ1v) is 5.14. The van der Waals surface area contributed by atoms with Crippen molar-refractivity contribution in [1.29, 1.82) is 0 Å². The maximum Gasteiger partial charge on any atom is 0.149 e. The highest BCUT2D eigenvalue weighted by Gasteiger charge is 2.09. The molecule has 1 unspecified atom stereocenters. The molecule has 1 aromatic heterocycles. The van der Waals surface area contributed by atoms with E-state index in [1.165, 1.54) is 11.3 Å². The van der Waals surface area contributed by atoms with E-state index in [0.29, 0.717) is 0 Å². The SMILES string of the molecule is C#CC(O)c1cc(Br)c(Br)s1. The Morgan fingerprint density at radius 3 is 2.64 bits per heavy atom. The fraction of sp³-hybridized carbons (Fsp3) is 0.143. The first kappa shape index (κ1) is 9.27. The number of aliphatic hydroxyl groups is 1. The monoisotopic (exact) mass is 294 g/mol. The normalized spacial score (nSPS) is 12.5. The van der Waals surface area contributed by atoms with Gasteiger partial charge in [0.15, 0.2) is 0 Å². The summed E-state index contributed by atoms with van der Waals surface area (Å²) in [4.78, 5) is 0.770. The number of rotatable bonds is 1. The van der Waals surface area contributed by atoms with Gasteiger partial charge in [-0.3, -0.25) is 0 Å². The summed E-state index contributed by atoms with van der Waals surface area (Å²) >= 11 is 8.03. The van der Waals surface area contributed by atoms with Crippen LogP contribution in [-0.4, -0.2) is 5.11 Å². The lowest BCUT2D eigenvalue weighted by Crippen LogP contribution is -1.86. The lowest BCUT2D eigenvalue weighted by atomic mass is 10.3. The molecule has 1 aromatic rings. The van der Waals surface area contributed by atoms with E-state index >= 15 is 0 Å². The van der Waals surface area contributed by atoms with Crippen LogP contribution in [0.15, 0.2) is 14.3 Å². The molecule has 0 amide bonds. The number of hydrogen-bond donors (Lipinski definition) is 1. The number of thiophene rings is 1. The molecule has 0 aliphatic heterocycles. The summed E-state index contributed by atoms with van der Waals surface area (Å²) in [7, 11) is 0. The first-order valence-electron chi connectivity index (χ1n) is 2.74. The Hall–Kier alpha value is 0.180. The second-order valence-corrected chi connectivity index (χ2v) is 5.10. The highest BCUT2D eigenvalue weighted by Crippen LogP contribution is 2.35. The molecule has 0 bridgehead atoms. The van der Waals surface area contributed by atoms with Crippen molar-refractivity contribution in [2.24, 2.45) is 0 Å². The molecule has 11 heavy (non-hydrogen) atoms. The van der Waals surface area contributed by atoms with Crippen LogP contribution in [0.3, 0.4) is 0 Å². The predicted octanol–water partition coefficient (Wildman–Crippen LogP) is 2.94. The largest absolute Gasteiger partial charge is 0.375 e. The van der Waals surface area contributed by atoms with Gasteiger partial charge in [0.1, 0.15) is 6.10 Å². The van der Waals surface area contributed by atoms with E-state index in [2.05, 4.69) is 37.8 Å². The van der Waals surface area contributed by atoms with E-state index in [1.807, 2.05) is 0 Å². The molecule has 0 radical (unpaired) electrons. The van der Waals surface area contributed by atoms with Gasteiger partial charge in [-0.1, -0.05) is 5.92 Å². The fourth-order valence-corrected chi connectivity index (χ4v) is 2.62. The Labute approximate surface area is 85.7 Å². The molecule has 1 atom stereocenters. The average molecular weight is 296 g/mol. The van der Waals surface area contributed by atoms with Gasteiger partial charge < -0.3 is 5.11 Å². The van der Waals surface area contributed by atoms with Gasteiger partial charge in [0, 0.05) is 9.35 Å². The van der Waals surface area contributed by atoms with Crippen LogP contribution in [0.2, 0.25) is 0 Å². The van der Waals surface area contributed by atoms with E-state index in [0.717, 1.165) is 13.1 Å². The molecule has 0 aliphatic carbocycles. The van der Waals surface area contributed by atoms with Crippen molar-refractivity contribution < 1.29 is 5.11 Å². The van der Waals surface area contributed by atoms with Crippen LogP contribution >= 0.6 is 43.2 Å². The minimum atomic E-state index is -0.789. The van der Waals surface area contributed by atoms with Crippen LogP contribution < -0.4 is 0 Å². The van der Waals surface area contributed by atoms with Gasteiger partial charge in [-0.05, 0) is 37.9 Å². The van der Waals surface area contributed by atoms with Crippen LogP contribution in [0.5, 0.6) is 0 Å². The molecular weight excluding hydrogens is 292 g/mol. The molecule has 0 aliphatic rings. The van der Waals surface area contributed by atoms with Crippen molar-refractivity contribution in [1.82, 2.24) is 0 Å². The van der Waals surface area contributed by atoms with Crippen molar-refractivity contribution >= 4 is 43.2 Å². The zero-order valence-electron chi connectivity index (χ0n) is 5.34. The summed E-state index contributed by atoms with van der Waals surface area (Å²) in [6.07, 6.45) is 4.25. The lowest BCUT2D eigenvalue weighted by Gasteiger charge is -1.95. The molecular formula is C7H4Br2OS. The Morgan fingerprint density at radius 1 is 1.64 bits per heavy atom. The highest BCUT2D eigenvalue weighted by molar-refractivity contribution is 9.13. The summed E-state index contributed by atoms with van der Waals surface area (Å²) in [5.41, 5.74) is 0. The third-order valence-corrected chi connectivity index (χ3v) is 4.40. The molecule has 0 aromatic carbocycles. The van der Waals surface area contributed by atoms with Gasteiger partial charge in [0.05, 0.1) is 3.79 Å². The van der Waals surface area contributed by atoms with Crippen LogP contribution in [0.25, 0.3) is 0 Å². The van der Waals surface area contributed by atoms with Crippen molar-refractivity contribution in [2.75, 3.05) is 0 Å². The first-order chi connectivity index (χ1) is 5.15. The van der Waals surface area contributed by atoms with E-state index in [4.69, 9.17) is 6.42 Å². The van der Waals surface area contributed by atoms with Crippen molar-refractivity contribution in [3.05, 3.63) is 19.2 Å². The molecule has 1 N–H and O–H groups in total. The zero-order chi connectivity index (χ0) is 8.43. The molecule has 4 heteroatoms. The molecule has 0 spiro atoms. The van der Waals surface area contributed by atoms with Crippen LogP contribution in [0, 0.1) is 12.3 Å². The number of halogens is 2. The van der Waals surface area contributed by atoms with E-state index in [-0.39, 0.29) is 0 Å². The summed E-state index contributed by atoms with van der Waals surface area (Å²) in [5.74, 6) is 2.25. The predicted molar refractivity (Wildman–Crippen MR) is 53.5 cm³/mol. The third-order valence-electron chi connectivity index (χ3n) is 1.09. The molecule has 1 rings (SSSR count). The van der Waals surface area contributed by atoms with Crippen LogP contribution in [-0.2, 0) is 0 Å². The second kappa shape index (κ2) is 3.72. The Balaban J connectivity index is 2.99. The molecule has 0 saturated carbocycles. The zero-order valence-corrected chi connectivity index (χ0v) is 9.33. The second-order valence-electron chi connectivity index (χ2n) is 1.84. The maximum atomic E-state index is 9.20. The van der Waals surface area contributed by atoms with Gasteiger partial charge in [-0.25, -0.2) is 0 Å². The van der Waals surface area contributed by atoms with Gasteiger partial charge in [-0.15, -0.1) is 17.8 Å². The quantitative estimate of drug-likeness (QED) is 0.790. The fourth-order valence-electron chi connectivity index (χ4n) is 0.580. The standard InChI is InChI=1S/C7H4Br2OS/c1-2-5(10)6-3-4(8)7(9)11-6/h1,3,5,10H. The van der Waals surface area contributed by atoms with Crippen molar-refractivity contribution in [3.63, 3.8) is 0 Å². The molecule has 1 heterocycles. The summed E-state index contributed by atoms with van der Waals surface area (Å²) in [5, 5.41) is 9.20. The Bertz CT molecular complexity index is 280. The molecule has 58 valence electrons. The lowest BCUT2D eigenvalue weighted by molar-refractivity contribution is 0.242. The van der Waals surface area contributed by atoms with E-state index in [1.54, 1.807) is 6.07 Å². The highest BCUT2D eigenvalue weighted by atomic mass is 79.9. The minimum absolute atomic E-state index is 0.770. The molecule has 0 saturated heterocycles. The van der Waals surface area contributed by atoms with Gasteiger partial charge in [0.25, 0.3) is 0 Å². The summed E-state index contributed by atoms with van der Waals surface area (Å²) in [6, 6.07) is 1.80. The molecule has 0 fully saturated rings. The Kier molecular flexibility index (Phi) is 3.14. The summed E-state index contributed by atoms with van der Waals surface area (Å²) in [6.45, 7) is 0. The van der Waals surface area contributed by atoms with Crippen LogP contribution in [0.1, 0.15) is 11.0 Å². The number of hydrogen-bond acceptors (Lipinski definition) is 2.